The largest absolute Gasteiger partial charge is 0.496 e. The predicted molar refractivity (Wildman–Crippen MR) is 183 cm³/mol. The Morgan fingerprint density at radius 3 is 2.42 bits per heavy atom. The van der Waals surface area contributed by atoms with Gasteiger partial charge < -0.3 is 34.2 Å². The van der Waals surface area contributed by atoms with Gasteiger partial charge in [0, 0.05) is 12.6 Å². The van der Waals surface area contributed by atoms with E-state index in [4.69, 9.17) is 23.5 Å². The van der Waals surface area contributed by atoms with Gasteiger partial charge in [-0.15, -0.1) is 0 Å². The lowest BCUT2D eigenvalue weighted by molar-refractivity contribution is -0.199. The van der Waals surface area contributed by atoms with Gasteiger partial charge in [0.05, 0.1) is 31.3 Å². The molecular weight excluding hydrogens is 613 g/mol. The summed E-state index contributed by atoms with van der Waals surface area (Å²) in [6.07, 6.45) is 3.51. The van der Waals surface area contributed by atoms with Crippen molar-refractivity contribution in [1.29, 1.82) is 0 Å². The van der Waals surface area contributed by atoms with Crippen LogP contribution in [0.4, 0.5) is 4.79 Å². The third-order valence-electron chi connectivity index (χ3n) is 10.6. The first-order valence-electron chi connectivity index (χ1n) is 17.5. The summed E-state index contributed by atoms with van der Waals surface area (Å²) in [6, 6.07) is 5.27. The maximum Gasteiger partial charge on any atom is 0.482 e. The van der Waals surface area contributed by atoms with Crippen molar-refractivity contribution >= 4 is 25.1 Å². The van der Waals surface area contributed by atoms with Gasteiger partial charge in [0.15, 0.2) is 0 Å². The molecule has 2 bridgehead atoms. The van der Waals surface area contributed by atoms with Gasteiger partial charge >= 0.3 is 19.2 Å². The Morgan fingerprint density at radius 1 is 1.06 bits per heavy atom. The van der Waals surface area contributed by atoms with Crippen LogP contribution in [0.15, 0.2) is 18.2 Å². The molecular formula is C36H56BN3O8. The number of hydrogen-bond donors (Lipinski definition) is 2. The summed E-state index contributed by atoms with van der Waals surface area (Å²) < 4.78 is 30.4. The molecule has 6 rings (SSSR count). The van der Waals surface area contributed by atoms with E-state index >= 15 is 0 Å². The number of likely N-dealkylation sites (tertiary alicyclic amines) is 1. The highest BCUT2D eigenvalue weighted by atomic mass is 16.7. The molecule has 3 saturated carbocycles. The van der Waals surface area contributed by atoms with E-state index < -0.39 is 41.9 Å². The Bertz CT molecular complexity index is 1370. The van der Waals surface area contributed by atoms with Crippen LogP contribution in [-0.4, -0.2) is 91.6 Å². The summed E-state index contributed by atoms with van der Waals surface area (Å²) >= 11 is 0. The number of nitrogens with zero attached hydrogens (tertiary/aromatic N) is 1. The summed E-state index contributed by atoms with van der Waals surface area (Å²) in [4.78, 5) is 41.4. The number of hydrogen-bond acceptors (Lipinski definition) is 9. The third-order valence-corrected chi connectivity index (χ3v) is 10.6. The zero-order valence-electron chi connectivity index (χ0n) is 30.6. The van der Waals surface area contributed by atoms with Crippen LogP contribution in [-0.2, 0) is 30.0 Å². The normalized spacial score (nSPS) is 28.8. The number of para-hydroxylation sites is 1. The summed E-state index contributed by atoms with van der Waals surface area (Å²) in [6.45, 7) is 19.2. The monoisotopic (exact) mass is 669 g/mol. The second-order valence-corrected chi connectivity index (χ2v) is 16.9. The van der Waals surface area contributed by atoms with Crippen LogP contribution < -0.4 is 15.4 Å². The van der Waals surface area contributed by atoms with Crippen molar-refractivity contribution in [1.82, 2.24) is 15.5 Å². The minimum atomic E-state index is -0.683. The smallest absolute Gasteiger partial charge is 0.482 e. The van der Waals surface area contributed by atoms with E-state index in [1.165, 1.54) is 7.11 Å². The number of alkyl carbamates (subject to hydrolysis) is 1. The molecule has 5 fully saturated rings. The van der Waals surface area contributed by atoms with Crippen molar-refractivity contribution in [2.45, 2.75) is 129 Å². The molecule has 6 atom stereocenters. The van der Waals surface area contributed by atoms with Crippen LogP contribution in [0.25, 0.3) is 0 Å². The molecule has 3 aliphatic carbocycles. The minimum Gasteiger partial charge on any atom is -0.496 e. The first kappa shape index (κ1) is 36.5. The van der Waals surface area contributed by atoms with E-state index in [9.17, 15) is 14.4 Å². The molecule has 1 aromatic rings. The number of amides is 2. The number of nitrogens with one attached hydrogen (secondary N) is 2. The molecule has 266 valence electrons. The molecule has 11 nitrogen and oxygen atoms in total. The van der Waals surface area contributed by atoms with E-state index in [2.05, 4.69) is 36.3 Å². The molecule has 0 radical (unpaired) electrons. The van der Waals surface area contributed by atoms with Crippen molar-refractivity contribution in [3.8, 4) is 5.75 Å². The summed E-state index contributed by atoms with van der Waals surface area (Å²) in [5.74, 6) is 0.157. The average Bonchev–Trinajstić information content (AvgIpc) is 3.32. The zero-order chi connectivity index (χ0) is 35.2. The number of ether oxygens (including phenoxy) is 3. The second kappa shape index (κ2) is 13.5. The van der Waals surface area contributed by atoms with Crippen molar-refractivity contribution < 1.29 is 37.9 Å². The molecule has 0 aromatic heterocycles. The average molecular weight is 670 g/mol. The number of rotatable bonds is 9. The molecule has 2 amide bonds. The Morgan fingerprint density at radius 2 is 1.77 bits per heavy atom. The number of esters is 1. The van der Waals surface area contributed by atoms with Crippen molar-refractivity contribution in [2.24, 2.45) is 17.3 Å². The lowest BCUT2D eigenvalue weighted by Gasteiger charge is -2.64. The summed E-state index contributed by atoms with van der Waals surface area (Å²) in [7, 11) is 0.850. The molecule has 2 N–H and O–H groups in total. The van der Waals surface area contributed by atoms with Crippen LogP contribution in [0.2, 0.25) is 0 Å². The summed E-state index contributed by atoms with van der Waals surface area (Å²) in [5, 5.41) is 6.20. The highest BCUT2D eigenvalue weighted by Gasteiger charge is 2.68. The van der Waals surface area contributed by atoms with Gasteiger partial charge in [-0.1, -0.05) is 26.0 Å². The highest BCUT2D eigenvalue weighted by molar-refractivity contribution is 6.48. The van der Waals surface area contributed by atoms with Gasteiger partial charge in [-0.2, -0.15) is 0 Å². The topological polar surface area (TPSA) is 125 Å². The van der Waals surface area contributed by atoms with E-state index in [-0.39, 0.29) is 30.0 Å². The first-order valence-corrected chi connectivity index (χ1v) is 17.5. The number of carbonyl (C=O) groups excluding carboxylic acids is 3. The van der Waals surface area contributed by atoms with Crippen LogP contribution in [0.3, 0.4) is 0 Å². The zero-order valence-corrected chi connectivity index (χ0v) is 30.6. The van der Waals surface area contributed by atoms with Gasteiger partial charge in [0.2, 0.25) is 5.91 Å². The van der Waals surface area contributed by atoms with Gasteiger partial charge in [0.1, 0.15) is 22.5 Å². The second-order valence-electron chi connectivity index (χ2n) is 16.9. The SMILES string of the molecule is COc1c(CC(NC(=O)CN2CCCC(NC(=O)OC(C)(C)C)C2)B2OC3CC4CC(C4(C)C)C3(C)O2)cccc1C(=O)OC(C)(C)C. The van der Waals surface area contributed by atoms with Crippen molar-refractivity contribution in [3.63, 3.8) is 0 Å². The van der Waals surface area contributed by atoms with Gasteiger partial charge in [-0.3, -0.25) is 9.69 Å². The predicted octanol–water partition coefficient (Wildman–Crippen LogP) is 4.93. The van der Waals surface area contributed by atoms with Gasteiger partial charge in [0.25, 0.3) is 0 Å². The quantitative estimate of drug-likeness (QED) is 0.278. The number of methoxy groups -OCH3 is 1. The third kappa shape index (κ3) is 7.97. The fraction of sp³-hybridized carbons (Fsp3) is 0.750. The Hall–Kier alpha value is -2.83. The standard InChI is InChI=1S/C36H56BN3O8/c1-33(2,3)45-31(42)25-15-11-13-22(30(25)44-10)17-28(37-47-27-19-23-18-26(35(23,7)8)36(27,9)48-37)39-29(41)21-40-16-12-14-24(20-40)38-32(43)46-34(4,5)6/h11,13,15,23-24,26-28H,12,14,16-21H2,1-10H3,(H,38,43)(H,39,41). The van der Waals surface area contributed by atoms with E-state index in [1.54, 1.807) is 12.1 Å². The van der Waals surface area contributed by atoms with E-state index in [1.807, 2.05) is 47.6 Å². The molecule has 5 aliphatic rings. The molecule has 6 unspecified atom stereocenters. The van der Waals surface area contributed by atoms with Gasteiger partial charge in [-0.05, 0) is 116 Å². The Balaban J connectivity index is 1.33. The van der Waals surface area contributed by atoms with E-state index in [0.717, 1.165) is 37.8 Å². The highest BCUT2D eigenvalue weighted by Crippen LogP contribution is 2.65. The summed E-state index contributed by atoms with van der Waals surface area (Å²) in [5.41, 5.74) is -0.480. The molecule has 2 saturated heterocycles. The van der Waals surface area contributed by atoms with Crippen LogP contribution in [0.5, 0.6) is 5.75 Å². The number of benzene rings is 1. The maximum atomic E-state index is 13.8. The fourth-order valence-electron chi connectivity index (χ4n) is 8.25. The van der Waals surface area contributed by atoms with Crippen LogP contribution in [0.1, 0.15) is 104 Å². The maximum absolute atomic E-state index is 13.8. The molecule has 12 heteroatoms. The van der Waals surface area contributed by atoms with E-state index in [0.29, 0.717) is 36.1 Å². The van der Waals surface area contributed by atoms with Crippen LogP contribution in [0, 0.1) is 17.3 Å². The molecule has 48 heavy (non-hydrogen) atoms. The van der Waals surface area contributed by atoms with Crippen LogP contribution >= 0.6 is 0 Å². The molecule has 2 aliphatic heterocycles. The minimum absolute atomic E-state index is 0.0598. The molecule has 2 heterocycles. The number of carbonyl (C=O) groups is 3. The lowest BCUT2D eigenvalue weighted by Crippen LogP contribution is -2.65. The molecule has 1 aromatic carbocycles. The fourth-order valence-corrected chi connectivity index (χ4v) is 8.25. The van der Waals surface area contributed by atoms with Crippen molar-refractivity contribution in [2.75, 3.05) is 26.7 Å². The Kier molecular flexibility index (Phi) is 10.2. The number of piperidine rings is 1. The molecule has 0 spiro atoms. The van der Waals surface area contributed by atoms with Crippen molar-refractivity contribution in [3.05, 3.63) is 29.3 Å². The Labute approximate surface area is 286 Å². The lowest BCUT2D eigenvalue weighted by atomic mass is 9.43. The van der Waals surface area contributed by atoms with Gasteiger partial charge in [-0.25, -0.2) is 9.59 Å². The first-order chi connectivity index (χ1) is 22.3.